The second-order valence-electron chi connectivity index (χ2n) is 33.0. The molecule has 0 N–H and O–H groups in total. The molecule has 0 radical (unpaired) electrons. The molecule has 0 aliphatic carbocycles. The summed E-state index contributed by atoms with van der Waals surface area (Å²) in [5.41, 5.74) is 32.6. The van der Waals surface area contributed by atoms with E-state index in [1.165, 1.54) is 22.2 Å². The lowest BCUT2D eigenvalue weighted by Gasteiger charge is -2.46. The van der Waals surface area contributed by atoms with E-state index in [-0.39, 0.29) is 23.0 Å². The molecule has 6 nitrogen and oxygen atoms in total. The Labute approximate surface area is 633 Å². The van der Waals surface area contributed by atoms with Gasteiger partial charge in [0.25, 0.3) is 6.71 Å². The van der Waals surface area contributed by atoms with Crippen molar-refractivity contribution in [1.29, 1.82) is 0 Å². The second-order valence-corrected chi connectivity index (χ2v) is 33.0. The molecule has 19 aromatic rings. The Hall–Kier alpha value is -12.8. The van der Waals surface area contributed by atoms with Crippen LogP contribution in [0.15, 0.2) is 321 Å². The van der Waals surface area contributed by atoms with E-state index in [4.69, 9.17) is 17.7 Å². The van der Waals surface area contributed by atoms with Crippen molar-refractivity contribution >= 4 is 145 Å². The van der Waals surface area contributed by atoms with E-state index in [0.29, 0.717) is 0 Å². The first-order valence-corrected chi connectivity index (χ1v) is 38.1. The molecule has 2 aliphatic rings. The maximum absolute atomic E-state index is 7.44. The van der Waals surface area contributed by atoms with Crippen LogP contribution in [0.4, 0.5) is 34.1 Å². The number of fused-ring (bicyclic) bond motifs is 16. The van der Waals surface area contributed by atoms with Crippen molar-refractivity contribution in [2.45, 2.75) is 78.6 Å². The highest BCUT2D eigenvalue weighted by molar-refractivity contribution is 7.00. The van der Waals surface area contributed by atoms with Crippen LogP contribution in [-0.2, 0) is 16.2 Å². The Morgan fingerprint density at radius 1 is 0.248 bits per heavy atom. The van der Waals surface area contributed by atoms with Crippen molar-refractivity contribution in [2.24, 2.45) is 0 Å². The van der Waals surface area contributed by atoms with E-state index < -0.39 is 0 Å². The molecule has 522 valence electrons. The molecular formula is C102H77BN2O4. The maximum Gasteiger partial charge on any atom is 0.252 e. The number of rotatable bonds is 8. The molecule has 0 spiro atoms. The molecule has 109 heavy (non-hydrogen) atoms. The van der Waals surface area contributed by atoms with Crippen molar-refractivity contribution in [3.05, 3.63) is 320 Å². The zero-order valence-electron chi connectivity index (χ0n) is 62.5. The summed E-state index contributed by atoms with van der Waals surface area (Å²) < 4.78 is 28.4. The number of furan rings is 4. The first kappa shape index (κ1) is 64.5. The van der Waals surface area contributed by atoms with Gasteiger partial charge >= 0.3 is 0 Å². The van der Waals surface area contributed by atoms with Crippen molar-refractivity contribution in [3.63, 3.8) is 0 Å². The van der Waals surface area contributed by atoms with E-state index in [9.17, 15) is 0 Å². The molecule has 0 fully saturated rings. The molecule has 15 aromatic carbocycles. The lowest BCUT2D eigenvalue weighted by Crippen LogP contribution is -2.61. The number of nitrogens with zero attached hydrogens (tertiary/aromatic N) is 2. The summed E-state index contributed by atoms with van der Waals surface area (Å²) in [6.07, 6.45) is 0. The van der Waals surface area contributed by atoms with Gasteiger partial charge in [-0.05, 0) is 167 Å². The van der Waals surface area contributed by atoms with Gasteiger partial charge in [0, 0.05) is 77.3 Å². The Bertz CT molecular complexity index is 6560. The van der Waals surface area contributed by atoms with Gasteiger partial charge in [-0.25, -0.2) is 0 Å². The monoisotopic (exact) mass is 1400 g/mol. The van der Waals surface area contributed by atoms with E-state index in [1.54, 1.807) is 0 Å². The van der Waals surface area contributed by atoms with Crippen LogP contribution in [0, 0.1) is 0 Å². The molecule has 0 amide bonds. The van der Waals surface area contributed by atoms with Crippen molar-refractivity contribution in [2.75, 3.05) is 9.80 Å². The topological polar surface area (TPSA) is 59.0 Å². The molecule has 2 aliphatic heterocycles. The van der Waals surface area contributed by atoms with Crippen molar-refractivity contribution < 1.29 is 17.7 Å². The smallest absolute Gasteiger partial charge is 0.252 e. The first-order chi connectivity index (χ1) is 53.0. The van der Waals surface area contributed by atoms with Crippen LogP contribution in [0.2, 0.25) is 0 Å². The van der Waals surface area contributed by atoms with E-state index in [0.717, 1.165) is 200 Å². The molecule has 0 atom stereocenters. The fraction of sp³-hybridized carbons (Fsp3) is 0.118. The van der Waals surface area contributed by atoms with Crippen LogP contribution < -0.4 is 26.2 Å². The van der Waals surface area contributed by atoms with Gasteiger partial charge in [-0.3, -0.25) is 0 Å². The average molecular weight is 1410 g/mol. The largest absolute Gasteiger partial charge is 0.456 e. The van der Waals surface area contributed by atoms with Crippen LogP contribution in [0.1, 0.15) is 79.0 Å². The number of anilines is 6. The third-order valence-corrected chi connectivity index (χ3v) is 23.3. The molecular weight excluding hydrogens is 1330 g/mol. The normalized spacial score (nSPS) is 13.1. The molecule has 21 rings (SSSR count). The summed E-state index contributed by atoms with van der Waals surface area (Å²) >= 11 is 0. The molecule has 6 heterocycles. The van der Waals surface area contributed by atoms with Crippen LogP contribution >= 0.6 is 0 Å². The van der Waals surface area contributed by atoms with E-state index >= 15 is 0 Å². The molecule has 4 aromatic heterocycles. The van der Waals surface area contributed by atoms with Gasteiger partial charge < -0.3 is 27.5 Å². The number of benzene rings is 15. The van der Waals surface area contributed by atoms with Gasteiger partial charge in [-0.2, -0.15) is 0 Å². The second kappa shape index (κ2) is 23.8. The maximum atomic E-state index is 7.44. The molecule has 0 saturated heterocycles. The Morgan fingerprint density at radius 2 is 0.578 bits per heavy atom. The van der Waals surface area contributed by atoms with E-state index in [2.05, 4.69) is 375 Å². The minimum Gasteiger partial charge on any atom is -0.456 e. The summed E-state index contributed by atoms with van der Waals surface area (Å²) in [6, 6.07) is 112. The van der Waals surface area contributed by atoms with Gasteiger partial charge in [-0.1, -0.05) is 293 Å². The molecule has 0 saturated carbocycles. The lowest BCUT2D eigenvalue weighted by molar-refractivity contribution is 0.572. The Balaban J connectivity index is 0.948. The third kappa shape index (κ3) is 10.0. The van der Waals surface area contributed by atoms with Gasteiger partial charge in [0.05, 0.1) is 22.1 Å². The highest BCUT2D eigenvalue weighted by atomic mass is 16.3. The Kier molecular flexibility index (Phi) is 14.1. The minimum atomic E-state index is -0.377. The lowest BCUT2D eigenvalue weighted by atomic mass is 9.33. The number of hydrogen-bond donors (Lipinski definition) is 0. The standard InChI is InChI=1S/C102H77BN2O4/c1-100(2,3)68-56-83-95-84(57-68)105(97-76(65-48-44-63(45-49-65)61-28-14-11-15-29-61)59-78(102(7,8)9)99-94(97)74-33-19-23-39-88(74)109-99)82-53-51-67(70-35-25-41-90-92(70)72-31-17-21-37-86(72)107-90)55-80(82)103(95)79-54-66(69-34-24-40-89-91(69)71-30-16-20-36-85(71)106-89)50-52-81(79)104(83)96-75(64-46-42-62(43-47-64)60-26-12-10-13-27-60)58-77(101(4,5)6)98-93(96)73-32-18-22-38-87(73)108-98/h10-59H,1-9H3. The summed E-state index contributed by atoms with van der Waals surface area (Å²) in [7, 11) is 0. The van der Waals surface area contributed by atoms with Gasteiger partial charge in [0.1, 0.15) is 44.7 Å². The summed E-state index contributed by atoms with van der Waals surface area (Å²) in [6.45, 7) is 20.7. The zero-order chi connectivity index (χ0) is 73.5. The van der Waals surface area contributed by atoms with Gasteiger partial charge in [-0.15, -0.1) is 0 Å². The molecule has 0 bridgehead atoms. The zero-order valence-corrected chi connectivity index (χ0v) is 62.5. The van der Waals surface area contributed by atoms with Crippen molar-refractivity contribution in [3.8, 4) is 66.8 Å². The van der Waals surface area contributed by atoms with Crippen LogP contribution in [0.5, 0.6) is 0 Å². The average Bonchev–Trinajstić information content (AvgIpc) is 1.32. The SMILES string of the molecule is CC(C)(C)c1cc2c3c(c1)N(c1c(-c4ccc(-c5ccccc5)cc4)cc(C(C)(C)C)c4oc5ccccc5c14)c1ccc(-c4cccc5oc6ccccc6c45)cc1B3c1cc(-c3cccc4oc5ccccc5c34)ccc1N2c1c(-c2ccc(-c3ccccc3)cc2)cc(C(C)(C)C)c2oc3ccccc3c12. The number of hydrogen-bond acceptors (Lipinski definition) is 6. The first-order valence-electron chi connectivity index (χ1n) is 38.1. The predicted molar refractivity (Wildman–Crippen MR) is 458 cm³/mol. The van der Waals surface area contributed by atoms with Crippen LogP contribution in [0.25, 0.3) is 155 Å². The molecule has 0 unspecified atom stereocenters. The highest BCUT2D eigenvalue weighted by Gasteiger charge is 2.47. The van der Waals surface area contributed by atoms with Crippen LogP contribution in [-0.4, -0.2) is 6.71 Å². The molecule has 7 heteroatoms. The van der Waals surface area contributed by atoms with E-state index in [1.807, 2.05) is 0 Å². The van der Waals surface area contributed by atoms with Gasteiger partial charge in [0.15, 0.2) is 0 Å². The minimum absolute atomic E-state index is 0.341. The van der Waals surface area contributed by atoms with Crippen LogP contribution in [0.3, 0.4) is 0 Å². The quantitative estimate of drug-likeness (QED) is 0.141. The van der Waals surface area contributed by atoms with Crippen molar-refractivity contribution in [1.82, 2.24) is 0 Å². The summed E-state index contributed by atoms with van der Waals surface area (Å²) in [5.74, 6) is 0. The Morgan fingerprint density at radius 3 is 0.963 bits per heavy atom. The number of para-hydroxylation sites is 4. The predicted octanol–water partition coefficient (Wildman–Crippen LogP) is 27.3. The summed E-state index contributed by atoms with van der Waals surface area (Å²) in [4.78, 5) is 5.35. The summed E-state index contributed by atoms with van der Waals surface area (Å²) in [5, 5.41) is 8.55. The third-order valence-electron chi connectivity index (χ3n) is 23.3. The highest BCUT2D eigenvalue weighted by Crippen LogP contribution is 2.58. The fourth-order valence-corrected chi connectivity index (χ4v) is 18.0. The van der Waals surface area contributed by atoms with Gasteiger partial charge in [0.2, 0.25) is 0 Å². The fourth-order valence-electron chi connectivity index (χ4n) is 18.0.